The molecular weight excluding hydrogens is 350 g/mol. The SMILES string of the molecule is C=CCNc1cc(C(=O)Nc2ccc(N(C)C)cc2)nc(-c2ccccc2)n1. The van der Waals surface area contributed by atoms with E-state index >= 15 is 0 Å². The van der Waals surface area contributed by atoms with Crippen molar-refractivity contribution >= 4 is 23.1 Å². The second-order valence-corrected chi connectivity index (χ2v) is 6.39. The molecule has 0 fully saturated rings. The predicted molar refractivity (Wildman–Crippen MR) is 115 cm³/mol. The lowest BCUT2D eigenvalue weighted by atomic mass is 10.2. The molecule has 0 saturated heterocycles. The quantitative estimate of drug-likeness (QED) is 0.611. The lowest BCUT2D eigenvalue weighted by Gasteiger charge is -2.13. The second kappa shape index (κ2) is 8.81. The Morgan fingerprint density at radius 2 is 1.79 bits per heavy atom. The average molecular weight is 373 g/mol. The summed E-state index contributed by atoms with van der Waals surface area (Å²) in [5, 5.41) is 6.02. The molecule has 0 atom stereocenters. The first-order chi connectivity index (χ1) is 13.6. The largest absolute Gasteiger partial charge is 0.378 e. The molecule has 0 aliphatic carbocycles. The fourth-order valence-corrected chi connectivity index (χ4v) is 2.59. The van der Waals surface area contributed by atoms with E-state index in [0.717, 1.165) is 11.3 Å². The number of rotatable bonds is 7. The standard InChI is InChI=1S/C22H23N5O/c1-4-14-23-20-15-19(25-21(26-20)16-8-6-5-7-9-16)22(28)24-17-10-12-18(13-11-17)27(2)3/h4-13,15H,1,14H2,2-3H3,(H,24,28)(H,23,25,26). The maximum Gasteiger partial charge on any atom is 0.274 e. The summed E-state index contributed by atoms with van der Waals surface area (Å²) in [5.74, 6) is 0.767. The molecule has 0 aliphatic rings. The molecule has 0 spiro atoms. The molecule has 3 aromatic rings. The smallest absolute Gasteiger partial charge is 0.274 e. The molecule has 6 heteroatoms. The number of hydrogen-bond donors (Lipinski definition) is 2. The van der Waals surface area contributed by atoms with E-state index in [9.17, 15) is 4.79 Å². The zero-order chi connectivity index (χ0) is 19.9. The van der Waals surface area contributed by atoms with Gasteiger partial charge in [0.2, 0.25) is 0 Å². The summed E-state index contributed by atoms with van der Waals surface area (Å²) in [6, 6.07) is 18.8. The number of benzene rings is 2. The first kappa shape index (κ1) is 19.1. The minimum absolute atomic E-state index is 0.289. The van der Waals surface area contributed by atoms with Crippen molar-refractivity contribution in [3.63, 3.8) is 0 Å². The Hall–Kier alpha value is -3.67. The number of nitrogens with one attached hydrogen (secondary N) is 2. The normalized spacial score (nSPS) is 10.2. The maximum atomic E-state index is 12.8. The first-order valence-electron chi connectivity index (χ1n) is 8.95. The number of nitrogens with zero attached hydrogens (tertiary/aromatic N) is 3. The van der Waals surface area contributed by atoms with Crippen LogP contribution in [0.3, 0.4) is 0 Å². The molecule has 0 aliphatic heterocycles. The summed E-state index contributed by atoms with van der Waals surface area (Å²) in [5.41, 5.74) is 2.89. The van der Waals surface area contributed by atoms with Gasteiger partial charge in [0.25, 0.3) is 5.91 Å². The molecule has 1 heterocycles. The van der Waals surface area contributed by atoms with Gasteiger partial charge in [-0.05, 0) is 24.3 Å². The van der Waals surface area contributed by atoms with E-state index in [4.69, 9.17) is 0 Å². The summed E-state index contributed by atoms with van der Waals surface area (Å²) in [7, 11) is 3.94. The number of anilines is 3. The number of amides is 1. The molecule has 6 nitrogen and oxygen atoms in total. The summed E-state index contributed by atoms with van der Waals surface area (Å²) < 4.78 is 0. The topological polar surface area (TPSA) is 70.2 Å². The minimum atomic E-state index is -0.293. The van der Waals surface area contributed by atoms with Crippen molar-refractivity contribution < 1.29 is 4.79 Å². The monoisotopic (exact) mass is 373 g/mol. The van der Waals surface area contributed by atoms with Crippen LogP contribution in [0.5, 0.6) is 0 Å². The Morgan fingerprint density at radius 1 is 1.07 bits per heavy atom. The molecule has 2 aromatic carbocycles. The summed E-state index contributed by atoms with van der Waals surface area (Å²) in [6.07, 6.45) is 1.73. The van der Waals surface area contributed by atoms with Crippen molar-refractivity contribution in [3.8, 4) is 11.4 Å². The zero-order valence-corrected chi connectivity index (χ0v) is 16.0. The Balaban J connectivity index is 1.88. The third-order valence-corrected chi connectivity index (χ3v) is 4.06. The highest BCUT2D eigenvalue weighted by molar-refractivity contribution is 6.03. The van der Waals surface area contributed by atoms with Crippen LogP contribution in [0.4, 0.5) is 17.2 Å². The van der Waals surface area contributed by atoms with Crippen molar-refractivity contribution in [1.29, 1.82) is 0 Å². The second-order valence-electron chi connectivity index (χ2n) is 6.39. The molecule has 1 amide bonds. The van der Waals surface area contributed by atoms with E-state index in [1.54, 1.807) is 12.1 Å². The van der Waals surface area contributed by atoms with E-state index in [0.29, 0.717) is 23.9 Å². The van der Waals surface area contributed by atoms with Crippen LogP contribution >= 0.6 is 0 Å². The van der Waals surface area contributed by atoms with Crippen molar-refractivity contribution in [2.75, 3.05) is 36.2 Å². The van der Waals surface area contributed by atoms with Gasteiger partial charge in [0.05, 0.1) is 0 Å². The van der Waals surface area contributed by atoms with Crippen LogP contribution < -0.4 is 15.5 Å². The molecule has 0 bridgehead atoms. The molecular formula is C22H23N5O. The van der Waals surface area contributed by atoms with Gasteiger partial charge in [0.1, 0.15) is 11.5 Å². The Kier molecular flexibility index (Phi) is 6.01. The highest BCUT2D eigenvalue weighted by Gasteiger charge is 2.13. The summed E-state index contributed by atoms with van der Waals surface area (Å²) in [6.45, 7) is 4.24. The van der Waals surface area contributed by atoms with Crippen LogP contribution in [0.15, 0.2) is 73.3 Å². The Bertz CT molecular complexity index is 952. The number of carbonyl (C=O) groups is 1. The highest BCUT2D eigenvalue weighted by Crippen LogP contribution is 2.20. The predicted octanol–water partition coefficient (Wildman–Crippen LogP) is 4.06. The lowest BCUT2D eigenvalue weighted by Crippen LogP contribution is -2.16. The lowest BCUT2D eigenvalue weighted by molar-refractivity contribution is 0.102. The van der Waals surface area contributed by atoms with Crippen molar-refractivity contribution in [3.05, 3.63) is 79.0 Å². The van der Waals surface area contributed by atoms with Gasteiger partial charge in [-0.1, -0.05) is 36.4 Å². The zero-order valence-electron chi connectivity index (χ0n) is 16.0. The molecule has 1 aromatic heterocycles. The van der Waals surface area contributed by atoms with Gasteiger partial charge in [-0.2, -0.15) is 0 Å². The summed E-state index contributed by atoms with van der Waals surface area (Å²) >= 11 is 0. The molecule has 3 rings (SSSR count). The van der Waals surface area contributed by atoms with Crippen LogP contribution in [0.1, 0.15) is 10.5 Å². The van der Waals surface area contributed by atoms with E-state index in [-0.39, 0.29) is 11.6 Å². The van der Waals surface area contributed by atoms with E-state index < -0.39 is 0 Å². The van der Waals surface area contributed by atoms with E-state index in [1.165, 1.54) is 0 Å². The van der Waals surface area contributed by atoms with Gasteiger partial charge in [-0.25, -0.2) is 9.97 Å². The van der Waals surface area contributed by atoms with Crippen molar-refractivity contribution in [2.24, 2.45) is 0 Å². The third-order valence-electron chi connectivity index (χ3n) is 4.06. The van der Waals surface area contributed by atoms with Crippen LogP contribution in [0.2, 0.25) is 0 Å². The Morgan fingerprint density at radius 3 is 2.43 bits per heavy atom. The van der Waals surface area contributed by atoms with E-state index in [1.807, 2.05) is 73.6 Å². The molecule has 0 radical (unpaired) electrons. The van der Waals surface area contributed by atoms with Gasteiger partial charge in [0, 0.05) is 43.6 Å². The van der Waals surface area contributed by atoms with Crippen LogP contribution in [0, 0.1) is 0 Å². The van der Waals surface area contributed by atoms with Gasteiger partial charge in [-0.3, -0.25) is 4.79 Å². The van der Waals surface area contributed by atoms with Crippen LogP contribution in [-0.2, 0) is 0 Å². The molecule has 28 heavy (non-hydrogen) atoms. The average Bonchev–Trinajstić information content (AvgIpc) is 2.73. The third kappa shape index (κ3) is 4.73. The first-order valence-corrected chi connectivity index (χ1v) is 8.95. The van der Waals surface area contributed by atoms with Crippen LogP contribution in [0.25, 0.3) is 11.4 Å². The molecule has 142 valence electrons. The highest BCUT2D eigenvalue weighted by atomic mass is 16.1. The number of aromatic nitrogens is 2. The van der Waals surface area contributed by atoms with Crippen molar-refractivity contribution in [2.45, 2.75) is 0 Å². The fraction of sp³-hybridized carbons (Fsp3) is 0.136. The van der Waals surface area contributed by atoms with Gasteiger partial charge in [0.15, 0.2) is 5.82 Å². The van der Waals surface area contributed by atoms with Gasteiger partial charge < -0.3 is 15.5 Å². The fourth-order valence-electron chi connectivity index (χ4n) is 2.59. The van der Waals surface area contributed by atoms with Gasteiger partial charge >= 0.3 is 0 Å². The Labute approximate surface area is 165 Å². The van der Waals surface area contributed by atoms with E-state index in [2.05, 4.69) is 27.2 Å². The molecule has 2 N–H and O–H groups in total. The van der Waals surface area contributed by atoms with Crippen LogP contribution in [-0.4, -0.2) is 36.5 Å². The minimum Gasteiger partial charge on any atom is -0.378 e. The molecule has 0 saturated carbocycles. The summed E-state index contributed by atoms with van der Waals surface area (Å²) in [4.78, 5) is 23.7. The number of hydrogen-bond acceptors (Lipinski definition) is 5. The van der Waals surface area contributed by atoms with Gasteiger partial charge in [-0.15, -0.1) is 6.58 Å². The van der Waals surface area contributed by atoms with Crippen molar-refractivity contribution in [1.82, 2.24) is 9.97 Å². The number of carbonyl (C=O) groups excluding carboxylic acids is 1. The maximum absolute atomic E-state index is 12.8. The molecule has 0 unspecified atom stereocenters.